The summed E-state index contributed by atoms with van der Waals surface area (Å²) in [4.78, 5) is 35.0. The maximum Gasteiger partial charge on any atom is 0.408 e. The van der Waals surface area contributed by atoms with Gasteiger partial charge in [-0.15, -0.1) is 0 Å². The number of rotatable bonds is 9. The molecule has 0 spiro atoms. The molecule has 0 saturated carbocycles. The van der Waals surface area contributed by atoms with Crippen molar-refractivity contribution in [2.24, 2.45) is 0 Å². The number of carbonyl (C=O) groups excluding carboxylic acids is 3. The van der Waals surface area contributed by atoms with Crippen molar-refractivity contribution in [1.82, 2.24) is 10.6 Å². The second kappa shape index (κ2) is 11.3. The summed E-state index contributed by atoms with van der Waals surface area (Å²) in [6.07, 6.45) is 1.64. The highest BCUT2D eigenvalue weighted by atomic mass is 32.2. The number of alkyl carbamates (subject to hydrolysis) is 1. The van der Waals surface area contributed by atoms with Crippen molar-refractivity contribution in [3.63, 3.8) is 0 Å². The Hall–Kier alpha value is -2.22. The summed E-state index contributed by atoms with van der Waals surface area (Å²) >= 11 is 1.55. The van der Waals surface area contributed by atoms with Crippen LogP contribution >= 0.6 is 11.8 Å². The first kappa shape index (κ1) is 19.8. The fraction of sp³-hybridized carbons (Fsp3) is 0.438. The largest absolute Gasteiger partial charge is 0.468 e. The SMILES string of the molecule is COC(=O)CNC(=O)[C@H](CCSC)NC(=O)OCc1ccccc1. The van der Waals surface area contributed by atoms with Gasteiger partial charge in [-0.25, -0.2) is 4.79 Å². The van der Waals surface area contributed by atoms with E-state index in [-0.39, 0.29) is 13.2 Å². The van der Waals surface area contributed by atoms with E-state index < -0.39 is 24.0 Å². The second-order valence-corrected chi connectivity index (χ2v) is 5.82. The van der Waals surface area contributed by atoms with Crippen molar-refractivity contribution in [2.45, 2.75) is 19.1 Å². The van der Waals surface area contributed by atoms with E-state index in [1.807, 2.05) is 36.6 Å². The van der Waals surface area contributed by atoms with Crippen molar-refractivity contribution in [1.29, 1.82) is 0 Å². The molecular weight excluding hydrogens is 332 g/mol. The van der Waals surface area contributed by atoms with Crippen LogP contribution in [0.15, 0.2) is 30.3 Å². The van der Waals surface area contributed by atoms with Gasteiger partial charge in [0.15, 0.2) is 0 Å². The number of methoxy groups -OCH3 is 1. The maximum absolute atomic E-state index is 12.1. The lowest BCUT2D eigenvalue weighted by Gasteiger charge is -2.17. The van der Waals surface area contributed by atoms with Gasteiger partial charge in [0.2, 0.25) is 5.91 Å². The number of amides is 2. The van der Waals surface area contributed by atoms with Crippen LogP contribution in [0.4, 0.5) is 4.79 Å². The van der Waals surface area contributed by atoms with Gasteiger partial charge in [0.1, 0.15) is 19.2 Å². The third-order valence-electron chi connectivity index (χ3n) is 3.07. The van der Waals surface area contributed by atoms with Crippen molar-refractivity contribution in [3.05, 3.63) is 35.9 Å². The predicted molar refractivity (Wildman–Crippen MR) is 91.6 cm³/mol. The number of hydrogen-bond donors (Lipinski definition) is 2. The Kier molecular flexibility index (Phi) is 9.36. The van der Waals surface area contributed by atoms with Crippen molar-refractivity contribution in [3.8, 4) is 0 Å². The molecule has 132 valence electrons. The molecule has 2 amide bonds. The summed E-state index contributed by atoms with van der Waals surface area (Å²) in [5.74, 6) is -0.334. The lowest BCUT2D eigenvalue weighted by atomic mass is 10.2. The summed E-state index contributed by atoms with van der Waals surface area (Å²) in [6.45, 7) is -0.127. The topological polar surface area (TPSA) is 93.7 Å². The van der Waals surface area contributed by atoms with Crippen LogP contribution in [0.2, 0.25) is 0 Å². The van der Waals surface area contributed by atoms with Gasteiger partial charge in [-0.1, -0.05) is 30.3 Å². The van der Waals surface area contributed by atoms with Gasteiger partial charge < -0.3 is 20.1 Å². The summed E-state index contributed by atoms with van der Waals surface area (Å²) in [5, 5.41) is 4.95. The summed E-state index contributed by atoms with van der Waals surface area (Å²) in [5.41, 5.74) is 0.850. The average molecular weight is 354 g/mol. The highest BCUT2D eigenvalue weighted by molar-refractivity contribution is 7.98. The van der Waals surface area contributed by atoms with E-state index >= 15 is 0 Å². The van der Waals surface area contributed by atoms with Crippen LogP contribution < -0.4 is 10.6 Å². The number of esters is 1. The number of carbonyl (C=O) groups is 3. The fourth-order valence-corrected chi connectivity index (χ4v) is 2.24. The number of thioether (sulfide) groups is 1. The molecule has 1 atom stereocenters. The predicted octanol–water partition coefficient (Wildman–Crippen LogP) is 1.32. The molecule has 0 unspecified atom stereocenters. The first-order valence-corrected chi connectivity index (χ1v) is 8.77. The van der Waals surface area contributed by atoms with E-state index in [0.29, 0.717) is 12.2 Å². The molecule has 0 fully saturated rings. The molecule has 1 rings (SSSR count). The normalized spacial score (nSPS) is 11.2. The molecule has 2 N–H and O–H groups in total. The van der Waals surface area contributed by atoms with E-state index in [4.69, 9.17) is 4.74 Å². The Labute approximate surface area is 145 Å². The quantitative estimate of drug-likeness (QED) is 0.650. The van der Waals surface area contributed by atoms with Crippen LogP contribution in [-0.2, 0) is 25.7 Å². The smallest absolute Gasteiger partial charge is 0.408 e. The molecule has 0 aliphatic carbocycles. The monoisotopic (exact) mass is 354 g/mol. The van der Waals surface area contributed by atoms with Crippen LogP contribution in [0.3, 0.4) is 0 Å². The number of hydrogen-bond acceptors (Lipinski definition) is 6. The summed E-state index contributed by atoms with van der Waals surface area (Å²) in [6, 6.07) is 8.46. The lowest BCUT2D eigenvalue weighted by molar-refractivity contribution is -0.141. The molecular formula is C16H22N2O5S. The molecule has 1 aromatic carbocycles. The van der Waals surface area contributed by atoms with Gasteiger partial charge in [0, 0.05) is 0 Å². The van der Waals surface area contributed by atoms with E-state index in [0.717, 1.165) is 5.56 Å². The Morgan fingerprint density at radius 1 is 1.21 bits per heavy atom. The van der Waals surface area contributed by atoms with E-state index in [1.165, 1.54) is 7.11 Å². The molecule has 0 radical (unpaired) electrons. The van der Waals surface area contributed by atoms with E-state index in [2.05, 4.69) is 15.4 Å². The van der Waals surface area contributed by atoms with Gasteiger partial charge in [-0.3, -0.25) is 9.59 Å². The summed E-state index contributed by atoms with van der Waals surface area (Å²) in [7, 11) is 1.24. The zero-order valence-corrected chi connectivity index (χ0v) is 14.6. The van der Waals surface area contributed by atoms with Crippen LogP contribution in [-0.4, -0.2) is 49.7 Å². The van der Waals surface area contributed by atoms with Crippen molar-refractivity contribution < 1.29 is 23.9 Å². The molecule has 0 saturated heterocycles. The van der Waals surface area contributed by atoms with E-state index in [1.54, 1.807) is 11.8 Å². The Morgan fingerprint density at radius 2 is 1.92 bits per heavy atom. The molecule has 0 aliphatic rings. The molecule has 1 aromatic rings. The number of ether oxygens (including phenoxy) is 2. The van der Waals surface area contributed by atoms with Crippen LogP contribution in [0.1, 0.15) is 12.0 Å². The zero-order chi connectivity index (χ0) is 17.8. The molecule has 8 heteroatoms. The zero-order valence-electron chi connectivity index (χ0n) is 13.7. The first-order valence-electron chi connectivity index (χ1n) is 7.37. The molecule has 0 bridgehead atoms. The Balaban J connectivity index is 2.49. The standard InChI is InChI=1S/C16H22N2O5S/c1-22-14(19)10-17-15(20)13(8-9-24-2)18-16(21)23-11-12-6-4-3-5-7-12/h3-7,13H,8-11H2,1-2H3,(H,17,20)(H,18,21)/t13-/m0/s1. The third-order valence-corrected chi connectivity index (χ3v) is 3.71. The molecule has 0 aliphatic heterocycles. The fourth-order valence-electron chi connectivity index (χ4n) is 1.77. The highest BCUT2D eigenvalue weighted by Crippen LogP contribution is 2.04. The van der Waals surface area contributed by atoms with Gasteiger partial charge in [-0.2, -0.15) is 11.8 Å². The van der Waals surface area contributed by atoms with Gasteiger partial charge in [0.05, 0.1) is 7.11 Å². The van der Waals surface area contributed by atoms with Gasteiger partial charge in [0.25, 0.3) is 0 Å². The average Bonchev–Trinajstić information content (AvgIpc) is 2.61. The Morgan fingerprint density at radius 3 is 2.54 bits per heavy atom. The van der Waals surface area contributed by atoms with Crippen molar-refractivity contribution >= 4 is 29.7 Å². The third kappa shape index (κ3) is 7.87. The van der Waals surface area contributed by atoms with Crippen LogP contribution in [0.5, 0.6) is 0 Å². The molecule has 24 heavy (non-hydrogen) atoms. The molecule has 0 aromatic heterocycles. The Bertz CT molecular complexity index is 539. The minimum absolute atomic E-state index is 0.117. The second-order valence-electron chi connectivity index (χ2n) is 4.83. The minimum atomic E-state index is -0.773. The molecule has 7 nitrogen and oxygen atoms in total. The van der Waals surface area contributed by atoms with Crippen LogP contribution in [0.25, 0.3) is 0 Å². The summed E-state index contributed by atoms with van der Waals surface area (Å²) < 4.78 is 9.57. The van der Waals surface area contributed by atoms with Crippen LogP contribution in [0, 0.1) is 0 Å². The minimum Gasteiger partial charge on any atom is -0.468 e. The van der Waals surface area contributed by atoms with Gasteiger partial charge >= 0.3 is 12.1 Å². The lowest BCUT2D eigenvalue weighted by Crippen LogP contribution is -2.48. The maximum atomic E-state index is 12.1. The number of nitrogens with one attached hydrogen (secondary N) is 2. The van der Waals surface area contributed by atoms with Gasteiger partial charge in [-0.05, 0) is 24.0 Å². The van der Waals surface area contributed by atoms with E-state index in [9.17, 15) is 14.4 Å². The molecule has 0 heterocycles. The van der Waals surface area contributed by atoms with Crippen molar-refractivity contribution in [2.75, 3.05) is 25.7 Å². The highest BCUT2D eigenvalue weighted by Gasteiger charge is 2.21. The number of benzene rings is 1. The first-order chi connectivity index (χ1) is 11.6.